The van der Waals surface area contributed by atoms with E-state index >= 15 is 0 Å². The van der Waals surface area contributed by atoms with Gasteiger partial charge in [0.15, 0.2) is 46.5 Å². The molecule has 2 aromatic rings. The summed E-state index contributed by atoms with van der Waals surface area (Å²) in [5.74, 6) is -34.8. The zero-order valence-corrected chi connectivity index (χ0v) is 16.8. The number of halogens is 14. The summed E-state index contributed by atoms with van der Waals surface area (Å²) in [7, 11) is 0. The first kappa shape index (κ1) is 29.4. The number of carbonyl (C=O) groups is 2. The van der Waals surface area contributed by atoms with Crippen LogP contribution in [0.5, 0.6) is 0 Å². The van der Waals surface area contributed by atoms with Crippen LogP contribution in [0.25, 0.3) is 0 Å². The van der Waals surface area contributed by atoms with Crippen molar-refractivity contribution in [2.75, 3.05) is 0 Å². The van der Waals surface area contributed by atoms with Crippen LogP contribution < -0.4 is 0 Å². The molecule has 202 valence electrons. The number of alkyl halides is 4. The van der Waals surface area contributed by atoms with Gasteiger partial charge in [0, 0.05) is 5.57 Å². The summed E-state index contributed by atoms with van der Waals surface area (Å²) in [4.78, 5) is 23.2. The Bertz CT molecular complexity index is 1260. The van der Waals surface area contributed by atoms with Gasteiger partial charge in [0.25, 0.3) is 0 Å². The number of esters is 2. The molecule has 2 aromatic carbocycles. The third-order valence-electron chi connectivity index (χ3n) is 4.11. The lowest BCUT2D eigenvalue weighted by molar-refractivity contribution is -0.245. The van der Waals surface area contributed by atoms with Crippen molar-refractivity contribution in [2.45, 2.75) is 18.6 Å². The molecule has 0 unspecified atom stereocenters. The predicted molar refractivity (Wildman–Crippen MR) is 86.2 cm³/mol. The lowest BCUT2D eigenvalue weighted by atomic mass is 10.1. The zero-order valence-electron chi connectivity index (χ0n) is 16.8. The predicted octanol–water partition coefficient (Wildman–Crippen LogP) is 5.91. The third-order valence-corrected chi connectivity index (χ3v) is 4.11. The Morgan fingerprint density at radius 3 is 1.14 bits per heavy atom. The fraction of sp³-hybridized carbons (Fsp3) is 0.158. The van der Waals surface area contributed by atoms with Crippen LogP contribution in [-0.2, 0) is 31.3 Å². The van der Waals surface area contributed by atoms with Crippen LogP contribution in [0.4, 0.5) is 61.5 Å². The van der Waals surface area contributed by atoms with E-state index in [-0.39, 0.29) is 0 Å². The van der Waals surface area contributed by atoms with Crippen molar-refractivity contribution in [1.82, 2.24) is 0 Å². The molecule has 4 nitrogen and oxygen atoms in total. The van der Waals surface area contributed by atoms with Crippen LogP contribution in [0.15, 0.2) is 12.2 Å². The Balaban J connectivity index is 2.24. The van der Waals surface area contributed by atoms with Gasteiger partial charge in [-0.25, -0.2) is 48.7 Å². The Morgan fingerprint density at radius 2 is 0.811 bits per heavy atom. The first-order valence-corrected chi connectivity index (χ1v) is 8.68. The quantitative estimate of drug-likeness (QED) is 0.139. The molecule has 0 saturated heterocycles. The van der Waals surface area contributed by atoms with Gasteiger partial charge in [-0.3, -0.25) is 4.79 Å². The molecule has 0 atom stereocenters. The molecule has 0 fully saturated rings. The normalized spacial score (nSPS) is 11.9. The first-order valence-electron chi connectivity index (χ1n) is 8.68. The zero-order chi connectivity index (χ0) is 28.8. The lowest BCUT2D eigenvalue weighted by Gasteiger charge is -2.20. The van der Waals surface area contributed by atoms with Crippen molar-refractivity contribution >= 4 is 11.9 Å². The van der Waals surface area contributed by atoms with Crippen molar-refractivity contribution in [1.29, 1.82) is 0 Å². The van der Waals surface area contributed by atoms with Crippen LogP contribution in [0.2, 0.25) is 0 Å². The molecule has 0 aliphatic heterocycles. The van der Waals surface area contributed by atoms with Crippen LogP contribution in [0, 0.1) is 58.2 Å². The van der Waals surface area contributed by atoms with Gasteiger partial charge in [0.2, 0.25) is 11.6 Å². The van der Waals surface area contributed by atoms with Crippen LogP contribution in [-0.4, -0.2) is 11.9 Å². The molecule has 0 N–H and O–H groups in total. The van der Waals surface area contributed by atoms with Gasteiger partial charge in [-0.05, 0) is 0 Å². The SMILES string of the molecule is C=C(CC(=O)OC(F)(F)c1c(F)c(F)c(F)c(F)c1F)C(=O)OC(F)(F)c1c(F)c(F)c(F)c(F)c1F. The Kier molecular flexibility index (Phi) is 7.85. The van der Waals surface area contributed by atoms with Crippen molar-refractivity contribution < 1.29 is 80.5 Å². The average Bonchev–Trinajstić information content (AvgIpc) is 2.77. The minimum atomic E-state index is -5.65. The van der Waals surface area contributed by atoms with E-state index in [4.69, 9.17) is 0 Å². The van der Waals surface area contributed by atoms with E-state index in [0.717, 1.165) is 0 Å². The average molecular weight is 562 g/mol. The number of carbonyl (C=O) groups excluding carboxylic acids is 2. The van der Waals surface area contributed by atoms with Crippen molar-refractivity contribution in [3.8, 4) is 0 Å². The van der Waals surface area contributed by atoms with E-state index in [1.807, 2.05) is 0 Å². The van der Waals surface area contributed by atoms with Crippen molar-refractivity contribution in [2.24, 2.45) is 0 Å². The standard InChI is InChI=1S/C19H4F14O4/c1-3(17(35)37-19(32,33)6-9(22)13(26)16(29)14(27)10(6)23)2-4(34)36-18(30,31)5-7(20)11(24)15(28)12(25)8(5)21/h1-2H2. The summed E-state index contributed by atoms with van der Waals surface area (Å²) in [6.45, 7) is 2.58. The van der Waals surface area contributed by atoms with Crippen molar-refractivity contribution in [3.05, 3.63) is 81.5 Å². The number of hydrogen-bond donors (Lipinski definition) is 0. The third kappa shape index (κ3) is 5.31. The molecule has 0 radical (unpaired) electrons. The fourth-order valence-corrected chi connectivity index (χ4v) is 2.44. The lowest BCUT2D eigenvalue weighted by Crippen LogP contribution is -2.30. The fourth-order valence-electron chi connectivity index (χ4n) is 2.44. The number of rotatable bonds is 7. The van der Waals surface area contributed by atoms with Gasteiger partial charge in [0.05, 0.1) is 6.42 Å². The molecule has 0 aliphatic carbocycles. The summed E-state index contributed by atoms with van der Waals surface area (Å²) in [5.41, 5.74) is -7.56. The van der Waals surface area contributed by atoms with E-state index in [2.05, 4.69) is 16.1 Å². The minimum Gasteiger partial charge on any atom is -0.397 e. The van der Waals surface area contributed by atoms with E-state index < -0.39 is 105 Å². The second-order valence-corrected chi connectivity index (χ2v) is 6.57. The highest BCUT2D eigenvalue weighted by Crippen LogP contribution is 2.39. The molecule has 0 aliphatic rings. The molecular formula is C19H4F14O4. The smallest absolute Gasteiger partial charge is 0.397 e. The summed E-state index contributed by atoms with van der Waals surface area (Å²) in [6.07, 6.45) is -13.2. The van der Waals surface area contributed by atoms with Gasteiger partial charge >= 0.3 is 24.2 Å². The monoisotopic (exact) mass is 562 g/mol. The topological polar surface area (TPSA) is 52.6 Å². The van der Waals surface area contributed by atoms with Crippen molar-refractivity contribution in [3.63, 3.8) is 0 Å². The summed E-state index contributed by atoms with van der Waals surface area (Å²) >= 11 is 0. The Hall–Kier alpha value is -3.86. The molecule has 0 bridgehead atoms. The highest BCUT2D eigenvalue weighted by atomic mass is 19.3. The Morgan fingerprint density at radius 1 is 0.541 bits per heavy atom. The van der Waals surface area contributed by atoms with Crippen LogP contribution in [0.3, 0.4) is 0 Å². The van der Waals surface area contributed by atoms with Crippen LogP contribution in [0.1, 0.15) is 17.5 Å². The number of hydrogen-bond acceptors (Lipinski definition) is 4. The maximum absolute atomic E-state index is 14.0. The minimum absolute atomic E-state index is 1.64. The number of benzene rings is 2. The summed E-state index contributed by atoms with van der Waals surface area (Å²) < 4.78 is 195. The molecule has 0 spiro atoms. The van der Waals surface area contributed by atoms with Gasteiger partial charge in [-0.1, -0.05) is 6.58 Å². The van der Waals surface area contributed by atoms with E-state index in [9.17, 15) is 71.1 Å². The number of ether oxygens (including phenoxy) is 2. The summed E-state index contributed by atoms with van der Waals surface area (Å²) in [6, 6.07) is 0. The van der Waals surface area contributed by atoms with Gasteiger partial charge < -0.3 is 9.47 Å². The summed E-state index contributed by atoms with van der Waals surface area (Å²) in [5, 5.41) is 0. The molecule has 18 heteroatoms. The first-order chi connectivity index (χ1) is 16.8. The van der Waals surface area contributed by atoms with Gasteiger partial charge in [-0.2, -0.15) is 17.6 Å². The highest BCUT2D eigenvalue weighted by Gasteiger charge is 2.48. The molecular weight excluding hydrogens is 558 g/mol. The molecule has 0 amide bonds. The van der Waals surface area contributed by atoms with Gasteiger partial charge in [0.1, 0.15) is 11.1 Å². The second kappa shape index (κ2) is 9.89. The Labute approximate surface area is 193 Å². The molecule has 0 heterocycles. The molecule has 37 heavy (non-hydrogen) atoms. The van der Waals surface area contributed by atoms with Gasteiger partial charge in [-0.15, -0.1) is 0 Å². The van der Waals surface area contributed by atoms with E-state index in [1.54, 1.807) is 0 Å². The molecule has 0 aromatic heterocycles. The molecule has 0 saturated carbocycles. The highest BCUT2D eigenvalue weighted by molar-refractivity contribution is 5.93. The largest absolute Gasteiger partial charge is 0.434 e. The molecule has 2 rings (SSSR count). The van der Waals surface area contributed by atoms with E-state index in [1.165, 1.54) is 0 Å². The van der Waals surface area contributed by atoms with Crippen LogP contribution >= 0.6 is 0 Å². The van der Waals surface area contributed by atoms with E-state index in [0.29, 0.717) is 0 Å². The maximum atomic E-state index is 14.0. The second-order valence-electron chi connectivity index (χ2n) is 6.57. The maximum Gasteiger partial charge on any atom is 0.434 e.